The van der Waals surface area contributed by atoms with Crippen molar-refractivity contribution in [3.63, 3.8) is 0 Å². The molecule has 1 aliphatic heterocycles. The first kappa shape index (κ1) is 17.0. The molecule has 0 unspecified atom stereocenters. The lowest BCUT2D eigenvalue weighted by molar-refractivity contribution is 0.291. The first-order valence-electron chi connectivity index (χ1n) is 9.01. The van der Waals surface area contributed by atoms with Crippen LogP contribution in [-0.4, -0.2) is 63.0 Å². The molecular formula is C18H23BN6O. The lowest BCUT2D eigenvalue weighted by Crippen LogP contribution is -2.51. The standard InChI is InChI=1S/C18H23BN6O/c1-19(26)24(2)14-4-3-7-25(11-14)16-5-6-22-18-17(16)15(10-23-18)13-8-20-12-21-9-13/h5-6,8-10,12,14,26H,3-4,7,11H2,1-2H3,(H,22,23)/t14-/m1/s1. The summed E-state index contributed by atoms with van der Waals surface area (Å²) in [4.78, 5) is 20.5. The van der Waals surface area contributed by atoms with Crippen molar-refractivity contribution in [2.75, 3.05) is 25.0 Å². The summed E-state index contributed by atoms with van der Waals surface area (Å²) in [5.74, 6) is 0. The van der Waals surface area contributed by atoms with Crippen LogP contribution in [0.1, 0.15) is 12.8 Å². The number of hydrogen-bond donors (Lipinski definition) is 2. The molecule has 0 radical (unpaired) electrons. The van der Waals surface area contributed by atoms with Crippen molar-refractivity contribution in [2.45, 2.75) is 25.7 Å². The molecule has 0 bridgehead atoms. The van der Waals surface area contributed by atoms with E-state index in [0.717, 1.165) is 48.1 Å². The molecule has 1 atom stereocenters. The summed E-state index contributed by atoms with van der Waals surface area (Å²) in [6.07, 6.45) is 11.2. The van der Waals surface area contributed by atoms with E-state index in [1.807, 2.05) is 43.5 Å². The van der Waals surface area contributed by atoms with Crippen LogP contribution in [0.2, 0.25) is 6.82 Å². The molecule has 0 saturated carbocycles. The van der Waals surface area contributed by atoms with Gasteiger partial charge < -0.3 is 19.7 Å². The molecule has 7 nitrogen and oxygen atoms in total. The Morgan fingerprint density at radius 3 is 2.92 bits per heavy atom. The van der Waals surface area contributed by atoms with Crippen LogP contribution in [0, 0.1) is 0 Å². The molecule has 0 aliphatic carbocycles. The number of pyridine rings is 1. The van der Waals surface area contributed by atoms with Crippen LogP contribution in [0.4, 0.5) is 5.69 Å². The normalized spacial score (nSPS) is 17.8. The van der Waals surface area contributed by atoms with Gasteiger partial charge in [0.25, 0.3) is 0 Å². The second-order valence-corrected chi connectivity index (χ2v) is 6.92. The number of likely N-dealkylation sites (N-methyl/N-ethyl adjacent to an activating group) is 1. The highest BCUT2D eigenvalue weighted by molar-refractivity contribution is 6.45. The number of nitrogens with zero attached hydrogens (tertiary/aromatic N) is 5. The van der Waals surface area contributed by atoms with Gasteiger partial charge in [-0.1, -0.05) is 0 Å². The van der Waals surface area contributed by atoms with E-state index in [9.17, 15) is 5.02 Å². The van der Waals surface area contributed by atoms with Crippen LogP contribution in [0.15, 0.2) is 37.2 Å². The number of fused-ring (bicyclic) bond motifs is 1. The fraction of sp³-hybridized carbons (Fsp3) is 0.389. The minimum Gasteiger partial charge on any atom is -0.437 e. The summed E-state index contributed by atoms with van der Waals surface area (Å²) in [6.45, 7) is 3.71. The maximum absolute atomic E-state index is 9.94. The van der Waals surface area contributed by atoms with Gasteiger partial charge in [-0.25, -0.2) is 15.0 Å². The number of nitrogens with one attached hydrogen (secondary N) is 1. The Hall–Kier alpha value is -2.45. The second kappa shape index (κ2) is 7.05. The molecule has 1 saturated heterocycles. The van der Waals surface area contributed by atoms with E-state index >= 15 is 0 Å². The molecule has 134 valence electrons. The van der Waals surface area contributed by atoms with Gasteiger partial charge in [0.05, 0.1) is 5.39 Å². The van der Waals surface area contributed by atoms with Gasteiger partial charge in [0.1, 0.15) is 12.0 Å². The maximum Gasteiger partial charge on any atom is 0.376 e. The van der Waals surface area contributed by atoms with Crippen molar-refractivity contribution in [1.29, 1.82) is 0 Å². The molecule has 1 aliphatic rings. The topological polar surface area (TPSA) is 81.2 Å². The molecule has 0 aromatic carbocycles. The molecule has 0 spiro atoms. The monoisotopic (exact) mass is 350 g/mol. The van der Waals surface area contributed by atoms with Crippen molar-refractivity contribution >= 4 is 23.8 Å². The number of hydrogen-bond acceptors (Lipinski definition) is 6. The van der Waals surface area contributed by atoms with Crippen molar-refractivity contribution < 1.29 is 5.02 Å². The number of rotatable bonds is 4. The molecular weight excluding hydrogens is 327 g/mol. The van der Waals surface area contributed by atoms with Gasteiger partial charge in [-0.05, 0) is 32.8 Å². The predicted octanol–water partition coefficient (Wildman–Crippen LogP) is 2.03. The Kier molecular flexibility index (Phi) is 4.61. The molecule has 3 aromatic heterocycles. The lowest BCUT2D eigenvalue weighted by atomic mass is 9.82. The van der Waals surface area contributed by atoms with E-state index in [1.54, 1.807) is 6.33 Å². The SMILES string of the molecule is CB(O)N(C)[C@@H]1CCCN(c2ccnc3[nH]cc(-c4cncnc4)c23)C1. The van der Waals surface area contributed by atoms with Crippen molar-refractivity contribution in [3.05, 3.63) is 37.2 Å². The second-order valence-electron chi connectivity index (χ2n) is 6.92. The number of piperidine rings is 1. The van der Waals surface area contributed by atoms with Crippen LogP contribution < -0.4 is 4.90 Å². The van der Waals surface area contributed by atoms with Crippen LogP contribution in [0.3, 0.4) is 0 Å². The molecule has 4 heterocycles. The average molecular weight is 350 g/mol. The third-order valence-electron chi connectivity index (χ3n) is 5.33. The number of aromatic amines is 1. The fourth-order valence-corrected chi connectivity index (χ4v) is 3.78. The van der Waals surface area contributed by atoms with Crippen LogP contribution in [0.25, 0.3) is 22.2 Å². The molecule has 0 amide bonds. The molecule has 3 aromatic rings. The van der Waals surface area contributed by atoms with Crippen LogP contribution in [-0.2, 0) is 0 Å². The smallest absolute Gasteiger partial charge is 0.376 e. The highest BCUT2D eigenvalue weighted by Gasteiger charge is 2.28. The van der Waals surface area contributed by atoms with Gasteiger partial charge >= 0.3 is 7.05 Å². The zero-order chi connectivity index (χ0) is 18.1. The van der Waals surface area contributed by atoms with E-state index in [4.69, 9.17) is 0 Å². The number of aromatic nitrogens is 4. The van der Waals surface area contributed by atoms with Gasteiger partial charge in [-0.15, -0.1) is 0 Å². The summed E-state index contributed by atoms with van der Waals surface area (Å²) >= 11 is 0. The van der Waals surface area contributed by atoms with Crippen molar-refractivity contribution in [3.8, 4) is 11.1 Å². The van der Waals surface area contributed by atoms with Gasteiger partial charge in [-0.3, -0.25) is 0 Å². The van der Waals surface area contributed by atoms with Crippen LogP contribution >= 0.6 is 0 Å². The molecule has 26 heavy (non-hydrogen) atoms. The van der Waals surface area contributed by atoms with E-state index in [-0.39, 0.29) is 0 Å². The number of H-pyrrole nitrogens is 1. The zero-order valence-corrected chi connectivity index (χ0v) is 15.1. The largest absolute Gasteiger partial charge is 0.437 e. The summed E-state index contributed by atoms with van der Waals surface area (Å²) < 4.78 is 0. The zero-order valence-electron chi connectivity index (χ0n) is 15.1. The quantitative estimate of drug-likeness (QED) is 0.701. The third kappa shape index (κ3) is 3.06. The highest BCUT2D eigenvalue weighted by Crippen LogP contribution is 2.35. The van der Waals surface area contributed by atoms with E-state index in [0.29, 0.717) is 6.04 Å². The first-order valence-corrected chi connectivity index (χ1v) is 9.01. The Bertz CT molecular complexity index is 884. The Balaban J connectivity index is 1.74. The Morgan fingerprint density at radius 1 is 1.35 bits per heavy atom. The highest BCUT2D eigenvalue weighted by atomic mass is 16.2. The predicted molar refractivity (Wildman–Crippen MR) is 104 cm³/mol. The van der Waals surface area contributed by atoms with Crippen molar-refractivity contribution in [1.82, 2.24) is 24.7 Å². The molecule has 8 heteroatoms. The van der Waals surface area contributed by atoms with Gasteiger partial charge in [0.15, 0.2) is 0 Å². The van der Waals surface area contributed by atoms with Crippen LogP contribution in [0.5, 0.6) is 0 Å². The molecule has 1 fully saturated rings. The molecule has 2 N–H and O–H groups in total. The summed E-state index contributed by atoms with van der Waals surface area (Å²) in [7, 11) is 1.55. The lowest BCUT2D eigenvalue weighted by Gasteiger charge is -2.39. The summed E-state index contributed by atoms with van der Waals surface area (Å²) in [6, 6.07) is 2.41. The Morgan fingerprint density at radius 2 is 2.15 bits per heavy atom. The minimum atomic E-state index is -0.443. The maximum atomic E-state index is 9.94. The van der Waals surface area contributed by atoms with E-state index in [2.05, 4.69) is 30.9 Å². The Labute approximate surface area is 153 Å². The van der Waals surface area contributed by atoms with Crippen molar-refractivity contribution in [2.24, 2.45) is 0 Å². The van der Waals surface area contributed by atoms with E-state index < -0.39 is 7.05 Å². The van der Waals surface area contributed by atoms with Gasteiger partial charge in [0, 0.05) is 60.7 Å². The average Bonchev–Trinajstić information content (AvgIpc) is 3.12. The summed E-state index contributed by atoms with van der Waals surface area (Å²) in [5, 5.41) is 11.0. The number of anilines is 1. The summed E-state index contributed by atoms with van der Waals surface area (Å²) in [5.41, 5.74) is 4.07. The molecule has 4 rings (SSSR count). The van der Waals surface area contributed by atoms with E-state index in [1.165, 1.54) is 5.69 Å². The van der Waals surface area contributed by atoms with Gasteiger partial charge in [0.2, 0.25) is 0 Å². The fourth-order valence-electron chi connectivity index (χ4n) is 3.78. The van der Waals surface area contributed by atoms with Gasteiger partial charge in [-0.2, -0.15) is 0 Å². The first-order chi connectivity index (χ1) is 12.6. The minimum absolute atomic E-state index is 0.328. The third-order valence-corrected chi connectivity index (χ3v) is 5.33.